The van der Waals surface area contributed by atoms with Gasteiger partial charge >= 0.3 is 0 Å². The molecular formula is C23H24N2O3. The summed E-state index contributed by atoms with van der Waals surface area (Å²) in [6, 6.07) is 16.8. The van der Waals surface area contributed by atoms with Crippen LogP contribution in [-0.4, -0.2) is 32.9 Å². The van der Waals surface area contributed by atoms with Gasteiger partial charge in [0, 0.05) is 36.8 Å². The summed E-state index contributed by atoms with van der Waals surface area (Å²) in [5.74, 6) is 1.91. The van der Waals surface area contributed by atoms with E-state index < -0.39 is 0 Å². The summed E-state index contributed by atoms with van der Waals surface area (Å²) < 4.78 is 16.6. The molecule has 2 aromatic carbocycles. The highest BCUT2D eigenvalue weighted by molar-refractivity contribution is 5.66. The molecule has 3 aromatic rings. The first-order valence-electron chi connectivity index (χ1n) is 9.31. The molecule has 144 valence electrons. The van der Waals surface area contributed by atoms with Gasteiger partial charge in [-0.15, -0.1) is 0 Å². The average molecular weight is 376 g/mol. The fraction of sp³-hybridized carbons (Fsp3) is 0.261. The van der Waals surface area contributed by atoms with Crippen LogP contribution in [0.3, 0.4) is 0 Å². The Labute approximate surface area is 165 Å². The predicted octanol–water partition coefficient (Wildman–Crippen LogP) is 4.26. The third-order valence-electron chi connectivity index (χ3n) is 5.26. The van der Waals surface area contributed by atoms with E-state index in [0.717, 1.165) is 24.2 Å². The fourth-order valence-corrected chi connectivity index (χ4v) is 3.97. The van der Waals surface area contributed by atoms with E-state index in [1.807, 2.05) is 30.6 Å². The highest BCUT2D eigenvalue weighted by Crippen LogP contribution is 2.45. The fourth-order valence-electron chi connectivity index (χ4n) is 3.97. The second-order valence-corrected chi connectivity index (χ2v) is 6.71. The van der Waals surface area contributed by atoms with Crippen LogP contribution in [0, 0.1) is 0 Å². The van der Waals surface area contributed by atoms with E-state index in [1.165, 1.54) is 11.1 Å². The van der Waals surface area contributed by atoms with Crippen molar-refractivity contribution in [2.24, 2.45) is 0 Å². The van der Waals surface area contributed by atoms with Crippen LogP contribution in [0.1, 0.15) is 22.7 Å². The number of methoxy groups -OCH3 is 3. The number of pyridine rings is 1. The Bertz CT molecular complexity index is 934. The summed E-state index contributed by atoms with van der Waals surface area (Å²) in [4.78, 5) is 6.74. The van der Waals surface area contributed by atoms with Gasteiger partial charge in [0.05, 0.1) is 27.4 Å². The minimum Gasteiger partial charge on any atom is -0.493 e. The summed E-state index contributed by atoms with van der Waals surface area (Å²) >= 11 is 0. The van der Waals surface area contributed by atoms with Gasteiger partial charge in [0.2, 0.25) is 5.75 Å². The maximum atomic E-state index is 5.58. The normalized spacial score (nSPS) is 15.7. The highest BCUT2D eigenvalue weighted by Gasteiger charge is 2.30. The van der Waals surface area contributed by atoms with Crippen molar-refractivity contribution in [2.45, 2.75) is 12.5 Å². The monoisotopic (exact) mass is 376 g/mol. The summed E-state index contributed by atoms with van der Waals surface area (Å²) in [5.41, 5.74) is 4.86. The van der Waals surface area contributed by atoms with Gasteiger partial charge in [-0.25, -0.2) is 0 Å². The van der Waals surface area contributed by atoms with Gasteiger partial charge < -0.3 is 19.1 Å². The Kier molecular flexibility index (Phi) is 5.06. The number of fused-ring (bicyclic) bond motifs is 1. The lowest BCUT2D eigenvalue weighted by Gasteiger charge is -2.39. The van der Waals surface area contributed by atoms with Crippen LogP contribution in [0.15, 0.2) is 60.9 Å². The van der Waals surface area contributed by atoms with Crippen molar-refractivity contribution in [3.63, 3.8) is 0 Å². The minimum absolute atomic E-state index is 0.0708. The number of aromatic nitrogens is 1. The first kappa shape index (κ1) is 18.2. The Balaban J connectivity index is 1.87. The molecule has 0 bridgehead atoms. The quantitative estimate of drug-likeness (QED) is 0.666. The third-order valence-corrected chi connectivity index (χ3v) is 5.26. The molecule has 5 nitrogen and oxygen atoms in total. The third kappa shape index (κ3) is 3.13. The Morgan fingerprint density at radius 1 is 0.929 bits per heavy atom. The van der Waals surface area contributed by atoms with E-state index in [0.29, 0.717) is 17.2 Å². The number of nitrogens with zero attached hydrogens (tertiary/aromatic N) is 2. The molecule has 0 saturated carbocycles. The summed E-state index contributed by atoms with van der Waals surface area (Å²) in [5, 5.41) is 0. The predicted molar refractivity (Wildman–Crippen MR) is 110 cm³/mol. The van der Waals surface area contributed by atoms with E-state index >= 15 is 0 Å². The molecule has 0 radical (unpaired) electrons. The molecule has 1 atom stereocenters. The molecule has 1 aliphatic rings. The molecule has 0 fully saturated rings. The van der Waals surface area contributed by atoms with E-state index in [9.17, 15) is 0 Å². The summed E-state index contributed by atoms with van der Waals surface area (Å²) in [6.45, 7) is 0.884. The van der Waals surface area contributed by atoms with Crippen molar-refractivity contribution in [1.82, 2.24) is 4.98 Å². The van der Waals surface area contributed by atoms with E-state index in [4.69, 9.17) is 14.2 Å². The van der Waals surface area contributed by atoms with Crippen molar-refractivity contribution in [1.29, 1.82) is 0 Å². The van der Waals surface area contributed by atoms with Crippen LogP contribution in [0.2, 0.25) is 0 Å². The van der Waals surface area contributed by atoms with Crippen molar-refractivity contribution in [3.05, 3.63) is 77.6 Å². The first-order valence-corrected chi connectivity index (χ1v) is 9.31. The van der Waals surface area contributed by atoms with Crippen LogP contribution in [-0.2, 0) is 6.42 Å². The molecule has 0 saturated heterocycles. The molecule has 4 rings (SSSR count). The molecule has 0 aliphatic carbocycles. The SMILES string of the molecule is COc1cc(N2CCc3ccccc3C2c2cccnc2)cc(OC)c1OC. The van der Waals surface area contributed by atoms with Crippen LogP contribution < -0.4 is 19.1 Å². The molecule has 0 N–H and O–H groups in total. The van der Waals surface area contributed by atoms with Crippen LogP contribution in [0.5, 0.6) is 17.2 Å². The first-order chi connectivity index (χ1) is 13.8. The van der Waals surface area contributed by atoms with Gasteiger partial charge in [0.15, 0.2) is 11.5 Å². The van der Waals surface area contributed by atoms with Gasteiger partial charge in [-0.3, -0.25) is 4.98 Å². The number of rotatable bonds is 5. The van der Waals surface area contributed by atoms with Crippen LogP contribution in [0.4, 0.5) is 5.69 Å². The standard InChI is InChI=1S/C23H24N2O3/c1-26-20-13-18(14-21(27-2)23(20)28-3)25-12-10-16-7-4-5-9-19(16)22(25)17-8-6-11-24-15-17/h4-9,11,13-15,22H,10,12H2,1-3H3. The summed E-state index contributed by atoms with van der Waals surface area (Å²) in [7, 11) is 4.91. The van der Waals surface area contributed by atoms with Crippen molar-refractivity contribution in [2.75, 3.05) is 32.8 Å². The molecule has 1 aliphatic heterocycles. The van der Waals surface area contributed by atoms with E-state index in [-0.39, 0.29) is 6.04 Å². The number of benzene rings is 2. The molecular weight excluding hydrogens is 352 g/mol. The molecule has 2 heterocycles. The molecule has 5 heteroatoms. The topological polar surface area (TPSA) is 43.8 Å². The van der Waals surface area contributed by atoms with Gasteiger partial charge in [-0.1, -0.05) is 30.3 Å². The Morgan fingerprint density at radius 2 is 1.68 bits per heavy atom. The van der Waals surface area contributed by atoms with Crippen molar-refractivity contribution < 1.29 is 14.2 Å². The number of anilines is 1. The molecule has 28 heavy (non-hydrogen) atoms. The lowest BCUT2D eigenvalue weighted by molar-refractivity contribution is 0.324. The average Bonchev–Trinajstić information content (AvgIpc) is 2.77. The Hall–Kier alpha value is -3.21. The van der Waals surface area contributed by atoms with Gasteiger partial charge in [0.1, 0.15) is 0 Å². The Morgan fingerprint density at radius 3 is 2.32 bits per heavy atom. The second kappa shape index (κ2) is 7.80. The molecule has 1 unspecified atom stereocenters. The summed E-state index contributed by atoms with van der Waals surface area (Å²) in [6.07, 6.45) is 4.73. The van der Waals surface area contributed by atoms with Crippen LogP contribution >= 0.6 is 0 Å². The second-order valence-electron chi connectivity index (χ2n) is 6.71. The zero-order valence-corrected chi connectivity index (χ0v) is 16.4. The molecule has 1 aromatic heterocycles. The number of hydrogen-bond acceptors (Lipinski definition) is 5. The van der Waals surface area contributed by atoms with E-state index in [1.54, 1.807) is 21.3 Å². The van der Waals surface area contributed by atoms with Gasteiger partial charge in [-0.05, 0) is 29.2 Å². The van der Waals surface area contributed by atoms with Gasteiger partial charge in [0.25, 0.3) is 0 Å². The van der Waals surface area contributed by atoms with E-state index in [2.05, 4.69) is 40.2 Å². The zero-order valence-electron chi connectivity index (χ0n) is 16.4. The maximum absolute atomic E-state index is 5.58. The lowest BCUT2D eigenvalue weighted by atomic mass is 9.88. The number of ether oxygens (including phenoxy) is 3. The zero-order chi connectivity index (χ0) is 19.5. The number of hydrogen-bond donors (Lipinski definition) is 0. The van der Waals surface area contributed by atoms with Crippen molar-refractivity contribution >= 4 is 5.69 Å². The largest absolute Gasteiger partial charge is 0.493 e. The maximum Gasteiger partial charge on any atom is 0.203 e. The van der Waals surface area contributed by atoms with Gasteiger partial charge in [-0.2, -0.15) is 0 Å². The molecule has 0 spiro atoms. The minimum atomic E-state index is 0.0708. The molecule has 0 amide bonds. The highest BCUT2D eigenvalue weighted by atomic mass is 16.5. The van der Waals surface area contributed by atoms with Crippen LogP contribution in [0.25, 0.3) is 0 Å². The smallest absolute Gasteiger partial charge is 0.203 e. The van der Waals surface area contributed by atoms with Crippen molar-refractivity contribution in [3.8, 4) is 17.2 Å². The lowest BCUT2D eigenvalue weighted by Crippen LogP contribution is -2.36.